The van der Waals surface area contributed by atoms with Gasteiger partial charge in [-0.2, -0.15) is 0 Å². The third kappa shape index (κ3) is 3.50. The van der Waals surface area contributed by atoms with Crippen molar-refractivity contribution < 1.29 is 0 Å². The maximum Gasteiger partial charge on any atom is 0.332 e. The maximum absolute atomic E-state index is 13.4. The highest BCUT2D eigenvalue weighted by atomic mass is 79.9. The maximum atomic E-state index is 13.4. The zero-order valence-electron chi connectivity index (χ0n) is 14.8. The summed E-state index contributed by atoms with van der Waals surface area (Å²) in [6.45, 7) is 0.337. The van der Waals surface area contributed by atoms with Gasteiger partial charge in [0.05, 0.1) is 17.4 Å². The van der Waals surface area contributed by atoms with Gasteiger partial charge in [-0.15, -0.1) is 0 Å². The highest BCUT2D eigenvalue weighted by molar-refractivity contribution is 9.10. The van der Waals surface area contributed by atoms with E-state index < -0.39 is 0 Å². The Hall–Kier alpha value is -1.85. The lowest BCUT2D eigenvalue weighted by Gasteiger charge is -2.25. The average molecular weight is 448 g/mol. The van der Waals surface area contributed by atoms with Crippen LogP contribution in [-0.4, -0.2) is 9.13 Å². The molecule has 140 valence electrons. The fraction of sp³-hybridized carbons (Fsp3) is 0.333. The van der Waals surface area contributed by atoms with Gasteiger partial charge in [0.1, 0.15) is 0 Å². The summed E-state index contributed by atoms with van der Waals surface area (Å²) < 4.78 is 3.98. The van der Waals surface area contributed by atoms with E-state index in [4.69, 9.17) is 11.6 Å². The van der Waals surface area contributed by atoms with Crippen molar-refractivity contribution in [3.8, 4) is 0 Å². The normalized spacial score (nSPS) is 15.3. The molecular weight excluding hydrogens is 428 g/mol. The van der Waals surface area contributed by atoms with Gasteiger partial charge in [-0.1, -0.05) is 65.0 Å². The van der Waals surface area contributed by atoms with Gasteiger partial charge in [-0.3, -0.25) is 13.9 Å². The second-order valence-corrected chi connectivity index (χ2v) is 8.41. The lowest BCUT2D eigenvalue weighted by Crippen LogP contribution is -2.43. The molecule has 4 nitrogen and oxygen atoms in total. The van der Waals surface area contributed by atoms with Crippen LogP contribution < -0.4 is 11.2 Å². The first-order valence-electron chi connectivity index (χ1n) is 9.24. The van der Waals surface area contributed by atoms with E-state index in [0.29, 0.717) is 22.5 Å². The number of hydrogen-bond acceptors (Lipinski definition) is 2. The molecule has 2 aromatic carbocycles. The van der Waals surface area contributed by atoms with Gasteiger partial charge in [0, 0.05) is 15.5 Å². The minimum atomic E-state index is -0.248. The van der Waals surface area contributed by atoms with E-state index in [-0.39, 0.29) is 17.3 Å². The van der Waals surface area contributed by atoms with Gasteiger partial charge in [-0.05, 0) is 42.7 Å². The van der Waals surface area contributed by atoms with Crippen LogP contribution in [0, 0.1) is 0 Å². The average Bonchev–Trinajstić information content (AvgIpc) is 2.68. The van der Waals surface area contributed by atoms with E-state index in [0.717, 1.165) is 42.1 Å². The number of aromatic nitrogens is 2. The number of halogens is 2. The molecule has 1 aliphatic rings. The van der Waals surface area contributed by atoms with E-state index in [1.807, 2.05) is 36.4 Å². The lowest BCUT2D eigenvalue weighted by molar-refractivity contribution is 0.333. The quantitative estimate of drug-likeness (QED) is 0.558. The van der Waals surface area contributed by atoms with E-state index in [1.165, 1.54) is 4.57 Å². The van der Waals surface area contributed by atoms with Crippen LogP contribution >= 0.6 is 27.5 Å². The predicted molar refractivity (Wildman–Crippen MR) is 113 cm³/mol. The van der Waals surface area contributed by atoms with Crippen molar-refractivity contribution in [2.24, 2.45) is 0 Å². The number of rotatable bonds is 3. The molecule has 27 heavy (non-hydrogen) atoms. The van der Waals surface area contributed by atoms with Crippen LogP contribution in [0.2, 0.25) is 5.02 Å². The summed E-state index contributed by atoms with van der Waals surface area (Å²) in [6.07, 6.45) is 5.02. The molecule has 0 bridgehead atoms. The third-order valence-electron chi connectivity index (χ3n) is 5.36. The van der Waals surface area contributed by atoms with Crippen LogP contribution in [0.1, 0.15) is 43.7 Å². The summed E-state index contributed by atoms with van der Waals surface area (Å²) >= 11 is 9.78. The summed E-state index contributed by atoms with van der Waals surface area (Å²) in [7, 11) is 0. The molecule has 4 rings (SSSR count). The molecule has 0 atom stereocenters. The Morgan fingerprint density at radius 2 is 1.78 bits per heavy atom. The van der Waals surface area contributed by atoms with Crippen molar-refractivity contribution in [1.29, 1.82) is 0 Å². The molecule has 0 saturated heterocycles. The summed E-state index contributed by atoms with van der Waals surface area (Å²) in [5, 5.41) is 1.17. The Morgan fingerprint density at radius 3 is 2.52 bits per heavy atom. The van der Waals surface area contributed by atoms with Crippen molar-refractivity contribution in [2.75, 3.05) is 0 Å². The second kappa shape index (κ2) is 7.64. The molecule has 1 aromatic heterocycles. The van der Waals surface area contributed by atoms with Crippen molar-refractivity contribution in [1.82, 2.24) is 9.13 Å². The molecule has 0 amide bonds. The molecule has 1 heterocycles. The summed E-state index contributed by atoms with van der Waals surface area (Å²) in [4.78, 5) is 26.5. The molecule has 1 aliphatic carbocycles. The Kier molecular flexibility index (Phi) is 5.24. The number of fused-ring (bicyclic) bond motifs is 1. The first-order valence-corrected chi connectivity index (χ1v) is 10.4. The molecule has 0 radical (unpaired) electrons. The van der Waals surface area contributed by atoms with Gasteiger partial charge in [0.2, 0.25) is 0 Å². The molecule has 1 saturated carbocycles. The minimum absolute atomic E-state index is 0.0281. The standard InChI is InChI=1S/C21H20BrClN2O2/c22-15-10-11-19-17(12-15)20(26)25(16-7-2-1-3-8-16)21(27)24(19)13-14-6-4-5-9-18(14)23/h4-6,9-12,16H,1-3,7-8,13H2. The largest absolute Gasteiger partial charge is 0.332 e. The molecule has 0 aliphatic heterocycles. The molecule has 0 N–H and O–H groups in total. The highest BCUT2D eigenvalue weighted by Crippen LogP contribution is 2.27. The number of hydrogen-bond donors (Lipinski definition) is 0. The van der Waals surface area contributed by atoms with Gasteiger partial charge in [-0.25, -0.2) is 4.79 Å². The fourth-order valence-corrected chi connectivity index (χ4v) is 4.53. The van der Waals surface area contributed by atoms with Crippen LogP contribution in [0.25, 0.3) is 10.9 Å². The topological polar surface area (TPSA) is 44.0 Å². The van der Waals surface area contributed by atoms with Crippen LogP contribution in [0.3, 0.4) is 0 Å². The third-order valence-corrected chi connectivity index (χ3v) is 6.22. The van der Waals surface area contributed by atoms with Crippen molar-refractivity contribution in [2.45, 2.75) is 44.7 Å². The van der Waals surface area contributed by atoms with Crippen molar-refractivity contribution >= 4 is 38.4 Å². The Balaban J connectivity index is 1.97. The zero-order valence-corrected chi connectivity index (χ0v) is 17.2. The van der Waals surface area contributed by atoms with Crippen LogP contribution in [-0.2, 0) is 6.54 Å². The van der Waals surface area contributed by atoms with Gasteiger partial charge in [0.25, 0.3) is 5.56 Å². The van der Waals surface area contributed by atoms with E-state index in [2.05, 4.69) is 15.9 Å². The van der Waals surface area contributed by atoms with E-state index in [1.54, 1.807) is 10.6 Å². The van der Waals surface area contributed by atoms with Crippen LogP contribution in [0.4, 0.5) is 0 Å². The summed E-state index contributed by atoms with van der Waals surface area (Å²) in [6, 6.07) is 13.0. The lowest BCUT2D eigenvalue weighted by atomic mass is 9.95. The molecule has 3 aromatic rings. The van der Waals surface area contributed by atoms with Crippen LogP contribution in [0.15, 0.2) is 56.5 Å². The zero-order chi connectivity index (χ0) is 19.0. The summed E-state index contributed by atoms with van der Waals surface area (Å²) in [5.74, 6) is 0. The van der Waals surface area contributed by atoms with Gasteiger partial charge in [0.15, 0.2) is 0 Å². The Bertz CT molecular complexity index is 1110. The predicted octanol–water partition coefficient (Wildman–Crippen LogP) is 5.13. The first-order chi connectivity index (χ1) is 13.1. The minimum Gasteiger partial charge on any atom is -0.289 e. The molecule has 0 unspecified atom stereocenters. The van der Waals surface area contributed by atoms with Crippen molar-refractivity contribution in [3.63, 3.8) is 0 Å². The van der Waals surface area contributed by atoms with Gasteiger partial charge >= 0.3 is 5.69 Å². The Labute approximate surface area is 170 Å². The van der Waals surface area contributed by atoms with E-state index in [9.17, 15) is 9.59 Å². The SMILES string of the molecule is O=c1c2cc(Br)ccc2n(Cc2ccccc2Cl)c(=O)n1C1CCCCC1. The summed E-state index contributed by atoms with van der Waals surface area (Å²) in [5.41, 5.74) is 1.06. The number of benzene rings is 2. The second-order valence-electron chi connectivity index (χ2n) is 7.09. The molecule has 1 fully saturated rings. The monoisotopic (exact) mass is 446 g/mol. The number of nitrogens with zero attached hydrogens (tertiary/aromatic N) is 2. The van der Waals surface area contributed by atoms with Gasteiger partial charge < -0.3 is 0 Å². The Morgan fingerprint density at radius 1 is 1.04 bits per heavy atom. The van der Waals surface area contributed by atoms with E-state index >= 15 is 0 Å². The fourth-order valence-electron chi connectivity index (χ4n) is 3.98. The van der Waals surface area contributed by atoms with Crippen molar-refractivity contribution in [3.05, 3.63) is 78.4 Å². The smallest absolute Gasteiger partial charge is 0.289 e. The molecule has 0 spiro atoms. The van der Waals surface area contributed by atoms with Crippen LogP contribution in [0.5, 0.6) is 0 Å². The molecular formula is C21H20BrClN2O2. The molecule has 6 heteroatoms. The first kappa shape index (κ1) is 18.5. The highest BCUT2D eigenvalue weighted by Gasteiger charge is 2.22.